The van der Waals surface area contributed by atoms with Gasteiger partial charge < -0.3 is 10.1 Å². The summed E-state index contributed by atoms with van der Waals surface area (Å²) in [6, 6.07) is 1.19. The van der Waals surface area contributed by atoms with Gasteiger partial charge in [0.2, 0.25) is 15.9 Å². The van der Waals surface area contributed by atoms with E-state index in [9.17, 15) is 18.0 Å². The van der Waals surface area contributed by atoms with Crippen molar-refractivity contribution in [1.29, 1.82) is 0 Å². The second kappa shape index (κ2) is 8.96. The molecule has 9 heteroatoms. The summed E-state index contributed by atoms with van der Waals surface area (Å²) >= 11 is 1.04. The van der Waals surface area contributed by atoms with E-state index >= 15 is 0 Å². The van der Waals surface area contributed by atoms with Crippen LogP contribution in [0.15, 0.2) is 16.3 Å². The first-order valence-corrected chi connectivity index (χ1v) is 11.1. The number of carbonyl (C=O) groups is 2. The molecule has 1 N–H and O–H groups in total. The van der Waals surface area contributed by atoms with Crippen molar-refractivity contribution in [2.45, 2.75) is 50.5 Å². The highest BCUT2D eigenvalue weighted by atomic mass is 32.2. The molecule has 2 heterocycles. The molecule has 1 fully saturated rings. The van der Waals surface area contributed by atoms with Crippen LogP contribution in [0.1, 0.15) is 49.2 Å². The number of ether oxygens (including phenoxy) is 1. The lowest BCUT2D eigenvalue weighted by atomic mass is 9.94. The summed E-state index contributed by atoms with van der Waals surface area (Å²) in [6.45, 7) is 4.60. The van der Waals surface area contributed by atoms with Gasteiger partial charge in [-0.15, -0.1) is 11.3 Å². The van der Waals surface area contributed by atoms with Crippen molar-refractivity contribution in [2.24, 2.45) is 5.92 Å². The van der Waals surface area contributed by atoms with E-state index in [2.05, 4.69) is 10.1 Å². The number of esters is 1. The molecule has 0 bridgehead atoms. The number of hydrogen-bond donors (Lipinski definition) is 1. The van der Waals surface area contributed by atoms with Crippen LogP contribution >= 0.6 is 11.3 Å². The minimum atomic E-state index is -3.88. The Balaban J connectivity index is 2.21. The molecule has 0 unspecified atom stereocenters. The van der Waals surface area contributed by atoms with Gasteiger partial charge in [0.15, 0.2) is 0 Å². The molecule has 146 valence electrons. The molecule has 0 radical (unpaired) electrons. The van der Waals surface area contributed by atoms with Crippen LogP contribution in [0.4, 0.5) is 0 Å². The van der Waals surface area contributed by atoms with Gasteiger partial charge in [0.05, 0.1) is 13.0 Å². The largest absolute Gasteiger partial charge is 0.465 e. The summed E-state index contributed by atoms with van der Waals surface area (Å²) in [5.74, 6) is -1.15. The van der Waals surface area contributed by atoms with Gasteiger partial charge in [-0.05, 0) is 37.6 Å². The van der Waals surface area contributed by atoms with Gasteiger partial charge >= 0.3 is 5.97 Å². The molecule has 2 rings (SSSR count). The summed E-state index contributed by atoms with van der Waals surface area (Å²) < 4.78 is 32.3. The molecule has 0 spiro atoms. The van der Waals surface area contributed by atoms with Gasteiger partial charge in [-0.1, -0.05) is 13.3 Å². The smallest absolute Gasteiger partial charge is 0.349 e. The molecule has 2 atom stereocenters. The zero-order valence-electron chi connectivity index (χ0n) is 15.4. The first kappa shape index (κ1) is 20.9. The molecule has 0 aliphatic carbocycles. The minimum Gasteiger partial charge on any atom is -0.465 e. The average Bonchev–Trinajstić information content (AvgIpc) is 3.12. The Morgan fingerprint density at radius 1 is 1.38 bits per heavy atom. The third kappa shape index (κ3) is 4.44. The topological polar surface area (TPSA) is 92.8 Å². The second-order valence-electron chi connectivity index (χ2n) is 6.45. The molecule has 1 aromatic heterocycles. The van der Waals surface area contributed by atoms with Crippen molar-refractivity contribution in [2.75, 3.05) is 20.2 Å². The lowest BCUT2D eigenvalue weighted by molar-refractivity contribution is -0.126. The summed E-state index contributed by atoms with van der Waals surface area (Å²) in [4.78, 5) is 24.2. The molecule has 1 amide bonds. The fourth-order valence-corrected chi connectivity index (χ4v) is 6.04. The normalized spacial score (nSPS) is 21.3. The number of methoxy groups -OCH3 is 1. The van der Waals surface area contributed by atoms with Crippen molar-refractivity contribution in [3.63, 3.8) is 0 Å². The first-order chi connectivity index (χ1) is 12.3. The SMILES string of the molecule is CCCCNC(=O)[C@@H]1CC[C@@H](C)N(S(=O)(=O)c2ccsc2C(=O)OC)C1. The van der Waals surface area contributed by atoms with Crippen molar-refractivity contribution >= 4 is 33.2 Å². The van der Waals surface area contributed by atoms with Crippen LogP contribution in [0.3, 0.4) is 0 Å². The van der Waals surface area contributed by atoms with E-state index in [4.69, 9.17) is 0 Å². The molecule has 1 aromatic rings. The van der Waals surface area contributed by atoms with Crippen molar-refractivity contribution in [1.82, 2.24) is 9.62 Å². The molecular formula is C17H26N2O5S2. The number of thiophene rings is 1. The number of piperidine rings is 1. The maximum absolute atomic E-state index is 13.1. The Morgan fingerprint density at radius 3 is 2.77 bits per heavy atom. The standard InChI is InChI=1S/C17H26N2O5S2/c1-4-5-9-18-16(20)13-7-6-12(2)19(11-13)26(22,23)14-8-10-25-15(14)17(21)24-3/h8,10,12-13H,4-7,9,11H2,1-3H3,(H,18,20)/t12-,13-/m1/s1. The second-order valence-corrected chi connectivity index (χ2v) is 9.22. The van der Waals surface area contributed by atoms with Crippen LogP contribution in [-0.4, -0.2) is 50.8 Å². The van der Waals surface area contributed by atoms with Gasteiger partial charge in [0.25, 0.3) is 0 Å². The number of carbonyl (C=O) groups excluding carboxylic acids is 2. The highest BCUT2D eigenvalue weighted by Crippen LogP contribution is 2.32. The van der Waals surface area contributed by atoms with E-state index in [1.165, 1.54) is 17.5 Å². The molecule has 7 nitrogen and oxygen atoms in total. The number of hydrogen-bond acceptors (Lipinski definition) is 6. The quantitative estimate of drug-likeness (QED) is 0.558. The molecule has 26 heavy (non-hydrogen) atoms. The maximum atomic E-state index is 13.1. The van der Waals surface area contributed by atoms with Gasteiger partial charge in [-0.3, -0.25) is 4.79 Å². The third-order valence-electron chi connectivity index (χ3n) is 4.61. The van der Waals surface area contributed by atoms with E-state index in [1.807, 2.05) is 13.8 Å². The third-order valence-corrected chi connectivity index (χ3v) is 7.66. The Bertz CT molecular complexity index is 744. The molecule has 1 aliphatic heterocycles. The lowest BCUT2D eigenvalue weighted by Gasteiger charge is -2.36. The van der Waals surface area contributed by atoms with E-state index in [-0.39, 0.29) is 34.2 Å². The summed E-state index contributed by atoms with van der Waals surface area (Å²) in [5, 5.41) is 4.44. The van der Waals surface area contributed by atoms with E-state index in [0.29, 0.717) is 19.4 Å². The van der Waals surface area contributed by atoms with Gasteiger partial charge in [0, 0.05) is 19.1 Å². The van der Waals surface area contributed by atoms with Crippen LogP contribution in [-0.2, 0) is 19.6 Å². The average molecular weight is 403 g/mol. The van der Waals surface area contributed by atoms with Crippen LogP contribution in [0.25, 0.3) is 0 Å². The van der Waals surface area contributed by atoms with Crippen LogP contribution in [0.5, 0.6) is 0 Å². The first-order valence-electron chi connectivity index (χ1n) is 8.78. The molecule has 0 saturated carbocycles. The number of nitrogens with zero attached hydrogens (tertiary/aromatic N) is 1. The molecular weight excluding hydrogens is 376 g/mol. The van der Waals surface area contributed by atoms with Crippen LogP contribution < -0.4 is 5.32 Å². The Kier molecular flexibility index (Phi) is 7.19. The van der Waals surface area contributed by atoms with Crippen molar-refractivity contribution < 1.29 is 22.7 Å². The number of sulfonamides is 1. The zero-order chi connectivity index (χ0) is 19.3. The lowest BCUT2D eigenvalue weighted by Crippen LogP contribution is -2.49. The Morgan fingerprint density at radius 2 is 2.12 bits per heavy atom. The molecule has 1 aliphatic rings. The highest BCUT2D eigenvalue weighted by molar-refractivity contribution is 7.89. The predicted molar refractivity (Wildman–Crippen MR) is 99.7 cm³/mol. The number of amides is 1. The molecule has 1 saturated heterocycles. The number of unbranched alkanes of at least 4 members (excludes halogenated alkanes) is 1. The van der Waals surface area contributed by atoms with Gasteiger partial charge in [-0.25, -0.2) is 13.2 Å². The maximum Gasteiger partial charge on any atom is 0.349 e. The fraction of sp³-hybridized carbons (Fsp3) is 0.647. The van der Waals surface area contributed by atoms with E-state index in [0.717, 1.165) is 24.2 Å². The van der Waals surface area contributed by atoms with Crippen LogP contribution in [0.2, 0.25) is 0 Å². The fourth-order valence-electron chi connectivity index (χ4n) is 3.03. The highest BCUT2D eigenvalue weighted by Gasteiger charge is 2.39. The Hall–Kier alpha value is -1.45. The minimum absolute atomic E-state index is 0.0479. The van der Waals surface area contributed by atoms with Gasteiger partial charge in [-0.2, -0.15) is 4.31 Å². The van der Waals surface area contributed by atoms with Crippen molar-refractivity contribution in [3.8, 4) is 0 Å². The van der Waals surface area contributed by atoms with Gasteiger partial charge in [0.1, 0.15) is 9.77 Å². The predicted octanol–water partition coefficient (Wildman–Crippen LogP) is 2.24. The monoisotopic (exact) mass is 402 g/mol. The van der Waals surface area contributed by atoms with Crippen LogP contribution in [0, 0.1) is 5.92 Å². The number of rotatable bonds is 7. The van der Waals surface area contributed by atoms with E-state index in [1.54, 1.807) is 5.38 Å². The van der Waals surface area contributed by atoms with Crippen molar-refractivity contribution in [3.05, 3.63) is 16.3 Å². The summed E-state index contributed by atoms with van der Waals surface area (Å²) in [7, 11) is -2.66. The zero-order valence-corrected chi connectivity index (χ0v) is 17.0. The molecule has 0 aromatic carbocycles. The van der Waals surface area contributed by atoms with E-state index < -0.39 is 16.0 Å². The summed E-state index contributed by atoms with van der Waals surface area (Å²) in [5.41, 5.74) is 0. The Labute approximate surface area is 158 Å². The summed E-state index contributed by atoms with van der Waals surface area (Å²) in [6.07, 6.45) is 3.13. The number of nitrogens with one attached hydrogen (secondary N) is 1.